The van der Waals surface area contributed by atoms with Gasteiger partial charge in [0.25, 0.3) is 0 Å². The smallest absolute Gasteiger partial charge is 0.170 e. The Morgan fingerprint density at radius 2 is 2.06 bits per heavy atom. The highest BCUT2D eigenvalue weighted by Gasteiger charge is 1.98. The van der Waals surface area contributed by atoms with E-state index in [-0.39, 0.29) is 0 Å². The van der Waals surface area contributed by atoms with Gasteiger partial charge in [-0.05, 0) is 36.5 Å². The predicted molar refractivity (Wildman–Crippen MR) is 66.6 cm³/mol. The lowest BCUT2D eigenvalue weighted by molar-refractivity contribution is 0.879. The summed E-state index contributed by atoms with van der Waals surface area (Å²) in [6.07, 6.45) is 3.16. The number of hydrogen-bond acceptors (Lipinski definition) is 3. The predicted octanol–water partition coefficient (Wildman–Crippen LogP) is 1.18. The molecule has 0 saturated heterocycles. The van der Waals surface area contributed by atoms with Crippen molar-refractivity contribution >= 4 is 23.0 Å². The lowest BCUT2D eigenvalue weighted by Gasteiger charge is -2.07. The molecule has 16 heavy (non-hydrogen) atoms. The second kappa shape index (κ2) is 4.71. The van der Waals surface area contributed by atoms with Crippen molar-refractivity contribution in [3.05, 3.63) is 36.9 Å². The quantitative estimate of drug-likeness (QED) is 0.763. The lowest BCUT2D eigenvalue weighted by atomic mass is 10.3. The van der Waals surface area contributed by atoms with E-state index in [1.165, 1.54) is 6.33 Å². The number of rotatable bonds is 2. The van der Waals surface area contributed by atoms with E-state index < -0.39 is 0 Å². The number of aromatic nitrogens is 3. The molecule has 0 saturated carbocycles. The van der Waals surface area contributed by atoms with Crippen molar-refractivity contribution in [3.63, 3.8) is 0 Å². The summed E-state index contributed by atoms with van der Waals surface area (Å²) in [6, 6.07) is 7.74. The fourth-order valence-corrected chi connectivity index (χ4v) is 1.35. The Morgan fingerprint density at radius 1 is 1.31 bits per heavy atom. The summed E-state index contributed by atoms with van der Waals surface area (Å²) in [5.41, 5.74) is 1.89. The molecule has 0 amide bonds. The topological polar surface area (TPSA) is 54.8 Å². The lowest BCUT2D eigenvalue weighted by Crippen LogP contribution is -2.24. The Bertz CT molecular complexity index is 462. The van der Waals surface area contributed by atoms with E-state index in [0.29, 0.717) is 5.11 Å². The molecule has 0 spiro atoms. The number of anilines is 1. The molecule has 0 aliphatic heterocycles. The molecule has 2 rings (SSSR count). The van der Waals surface area contributed by atoms with Crippen molar-refractivity contribution in [1.29, 1.82) is 0 Å². The highest BCUT2D eigenvalue weighted by Crippen LogP contribution is 2.11. The molecule has 5 nitrogen and oxygen atoms in total. The molecule has 0 aliphatic carbocycles. The highest BCUT2D eigenvalue weighted by atomic mass is 32.1. The first-order chi connectivity index (χ1) is 7.79. The summed E-state index contributed by atoms with van der Waals surface area (Å²) in [7, 11) is 1.78. The van der Waals surface area contributed by atoms with E-state index in [4.69, 9.17) is 12.2 Å². The van der Waals surface area contributed by atoms with Crippen molar-refractivity contribution in [1.82, 2.24) is 20.1 Å². The van der Waals surface area contributed by atoms with Gasteiger partial charge in [-0.25, -0.2) is 9.67 Å². The molecular formula is C10H11N5S. The Kier molecular flexibility index (Phi) is 3.11. The molecule has 1 aromatic carbocycles. The van der Waals surface area contributed by atoms with Crippen LogP contribution in [0.25, 0.3) is 5.69 Å². The number of thiocarbonyl (C=S) groups is 1. The molecule has 2 N–H and O–H groups in total. The first kappa shape index (κ1) is 10.6. The van der Waals surface area contributed by atoms with Gasteiger partial charge in [-0.1, -0.05) is 0 Å². The monoisotopic (exact) mass is 233 g/mol. The van der Waals surface area contributed by atoms with Crippen molar-refractivity contribution in [2.45, 2.75) is 0 Å². The fourth-order valence-electron chi connectivity index (χ4n) is 1.23. The largest absolute Gasteiger partial charge is 0.366 e. The van der Waals surface area contributed by atoms with Crippen LogP contribution >= 0.6 is 12.2 Å². The first-order valence-corrected chi connectivity index (χ1v) is 5.14. The summed E-state index contributed by atoms with van der Waals surface area (Å²) in [5, 5.41) is 10.5. The van der Waals surface area contributed by atoms with Crippen LogP contribution in [0, 0.1) is 0 Å². The summed E-state index contributed by atoms with van der Waals surface area (Å²) >= 11 is 5.00. The summed E-state index contributed by atoms with van der Waals surface area (Å²) < 4.78 is 1.69. The molecule has 1 heterocycles. The normalized spacial score (nSPS) is 9.81. The third kappa shape index (κ3) is 2.34. The van der Waals surface area contributed by atoms with Gasteiger partial charge in [0.05, 0.1) is 5.69 Å². The van der Waals surface area contributed by atoms with E-state index in [9.17, 15) is 0 Å². The number of nitrogens with zero attached hydrogens (tertiary/aromatic N) is 3. The highest BCUT2D eigenvalue weighted by molar-refractivity contribution is 7.80. The van der Waals surface area contributed by atoms with E-state index in [1.54, 1.807) is 18.1 Å². The second-order valence-electron chi connectivity index (χ2n) is 3.09. The number of benzene rings is 1. The molecule has 82 valence electrons. The summed E-state index contributed by atoms with van der Waals surface area (Å²) in [6.45, 7) is 0. The van der Waals surface area contributed by atoms with Crippen molar-refractivity contribution in [2.24, 2.45) is 0 Å². The molecule has 0 fully saturated rings. The van der Waals surface area contributed by atoms with E-state index in [0.717, 1.165) is 11.4 Å². The Morgan fingerprint density at radius 3 is 2.62 bits per heavy atom. The zero-order valence-corrected chi connectivity index (χ0v) is 9.53. The van der Waals surface area contributed by atoms with Gasteiger partial charge < -0.3 is 10.6 Å². The Hall–Kier alpha value is -1.95. The zero-order chi connectivity index (χ0) is 11.4. The van der Waals surface area contributed by atoms with Gasteiger partial charge in [-0.15, -0.1) is 0 Å². The van der Waals surface area contributed by atoms with Crippen LogP contribution in [0.3, 0.4) is 0 Å². The maximum absolute atomic E-state index is 5.00. The van der Waals surface area contributed by atoms with E-state index in [1.807, 2.05) is 24.3 Å². The third-order valence-corrected chi connectivity index (χ3v) is 2.34. The number of hydrogen-bond donors (Lipinski definition) is 2. The molecule has 2 aromatic rings. The van der Waals surface area contributed by atoms with Crippen LogP contribution in [0.1, 0.15) is 0 Å². The van der Waals surface area contributed by atoms with Gasteiger partial charge in [-0.3, -0.25) is 0 Å². The molecule has 6 heteroatoms. The SMILES string of the molecule is CNC(=S)Nc1ccc(-n2cncn2)cc1. The summed E-state index contributed by atoms with van der Waals surface area (Å²) in [4.78, 5) is 3.89. The minimum absolute atomic E-state index is 0.591. The first-order valence-electron chi connectivity index (χ1n) is 4.73. The van der Waals surface area contributed by atoms with E-state index in [2.05, 4.69) is 20.7 Å². The zero-order valence-electron chi connectivity index (χ0n) is 8.71. The molecule has 0 atom stereocenters. The second-order valence-corrected chi connectivity index (χ2v) is 3.50. The van der Waals surface area contributed by atoms with Crippen LogP contribution in [0.2, 0.25) is 0 Å². The average Bonchev–Trinajstić information content (AvgIpc) is 2.83. The van der Waals surface area contributed by atoms with Gasteiger partial charge in [0.15, 0.2) is 5.11 Å². The van der Waals surface area contributed by atoms with Crippen LogP contribution in [0.4, 0.5) is 5.69 Å². The maximum atomic E-state index is 5.00. The average molecular weight is 233 g/mol. The standard InChI is InChI=1S/C10H11N5S/c1-11-10(16)14-8-2-4-9(5-3-8)15-7-12-6-13-15/h2-7H,1H3,(H2,11,14,16). The molecule has 1 aromatic heterocycles. The van der Waals surface area contributed by atoms with Crippen LogP contribution in [-0.4, -0.2) is 26.9 Å². The van der Waals surface area contributed by atoms with Gasteiger partial charge >= 0.3 is 0 Å². The summed E-state index contributed by atoms with van der Waals surface area (Å²) in [5.74, 6) is 0. The van der Waals surface area contributed by atoms with Crippen LogP contribution in [0.5, 0.6) is 0 Å². The Balaban J connectivity index is 2.14. The van der Waals surface area contributed by atoms with Gasteiger partial charge in [-0.2, -0.15) is 5.10 Å². The minimum atomic E-state index is 0.591. The molecule has 0 bridgehead atoms. The molecule has 0 aliphatic rings. The van der Waals surface area contributed by atoms with Crippen LogP contribution < -0.4 is 10.6 Å². The maximum Gasteiger partial charge on any atom is 0.170 e. The van der Waals surface area contributed by atoms with Gasteiger partial charge in [0.1, 0.15) is 12.7 Å². The van der Waals surface area contributed by atoms with Gasteiger partial charge in [0, 0.05) is 12.7 Å². The van der Waals surface area contributed by atoms with Crippen molar-refractivity contribution in [3.8, 4) is 5.69 Å². The minimum Gasteiger partial charge on any atom is -0.366 e. The molecular weight excluding hydrogens is 222 g/mol. The third-order valence-electron chi connectivity index (χ3n) is 2.04. The van der Waals surface area contributed by atoms with Gasteiger partial charge in [0.2, 0.25) is 0 Å². The fraction of sp³-hybridized carbons (Fsp3) is 0.100. The van der Waals surface area contributed by atoms with Crippen molar-refractivity contribution < 1.29 is 0 Å². The van der Waals surface area contributed by atoms with E-state index >= 15 is 0 Å². The molecule has 0 radical (unpaired) electrons. The van der Waals surface area contributed by atoms with Crippen LogP contribution in [-0.2, 0) is 0 Å². The number of nitrogens with one attached hydrogen (secondary N) is 2. The van der Waals surface area contributed by atoms with Crippen molar-refractivity contribution in [2.75, 3.05) is 12.4 Å². The van der Waals surface area contributed by atoms with Crippen LogP contribution in [0.15, 0.2) is 36.9 Å². The molecule has 0 unspecified atom stereocenters. The Labute approximate surface area is 98.5 Å².